The molecule has 0 fully saturated rings. The average molecular weight is 316 g/mol. The fourth-order valence-corrected chi connectivity index (χ4v) is 2.29. The molecule has 0 saturated carbocycles. The molecule has 0 aromatic heterocycles. The molecule has 1 atom stereocenters. The second kappa shape index (κ2) is 6.82. The Balaban J connectivity index is 2.68. The standard InChI is InChI=1S/C12H18BrN3O2/c1-9(8-15(2)3)14-7-10-5-4-6-11(12(10)13)16(17)18/h4-6,9,14H,7-8H2,1-3H3. The van der Waals surface area contributed by atoms with Crippen LogP contribution in [-0.4, -0.2) is 36.5 Å². The van der Waals surface area contributed by atoms with E-state index in [0.717, 1.165) is 12.1 Å². The monoisotopic (exact) mass is 315 g/mol. The van der Waals surface area contributed by atoms with Crippen LogP contribution in [0.5, 0.6) is 0 Å². The smallest absolute Gasteiger partial charge is 0.283 e. The third-order valence-electron chi connectivity index (χ3n) is 2.53. The van der Waals surface area contributed by atoms with Crippen molar-refractivity contribution in [1.82, 2.24) is 10.2 Å². The zero-order valence-corrected chi connectivity index (χ0v) is 12.4. The topological polar surface area (TPSA) is 58.4 Å². The second-order valence-electron chi connectivity index (χ2n) is 4.55. The van der Waals surface area contributed by atoms with Crippen LogP contribution >= 0.6 is 15.9 Å². The second-order valence-corrected chi connectivity index (χ2v) is 5.34. The van der Waals surface area contributed by atoms with Crippen LogP contribution in [0.25, 0.3) is 0 Å². The molecule has 0 aliphatic heterocycles. The van der Waals surface area contributed by atoms with Crippen LogP contribution < -0.4 is 5.32 Å². The van der Waals surface area contributed by atoms with Gasteiger partial charge in [0.15, 0.2) is 0 Å². The molecular weight excluding hydrogens is 298 g/mol. The molecule has 5 nitrogen and oxygen atoms in total. The molecule has 6 heteroatoms. The first-order valence-corrected chi connectivity index (χ1v) is 6.51. The van der Waals surface area contributed by atoms with E-state index >= 15 is 0 Å². The number of nitro benzene ring substituents is 1. The van der Waals surface area contributed by atoms with Gasteiger partial charge in [-0.15, -0.1) is 0 Å². The van der Waals surface area contributed by atoms with Crippen molar-refractivity contribution < 1.29 is 4.92 Å². The molecule has 1 N–H and O–H groups in total. The fraction of sp³-hybridized carbons (Fsp3) is 0.500. The van der Waals surface area contributed by atoms with Crippen LogP contribution in [0.15, 0.2) is 22.7 Å². The minimum absolute atomic E-state index is 0.106. The summed E-state index contributed by atoms with van der Waals surface area (Å²) in [6.45, 7) is 3.62. The SMILES string of the molecule is CC(CN(C)C)NCc1cccc([N+](=O)[O-])c1Br. The van der Waals surface area contributed by atoms with Gasteiger partial charge in [-0.05, 0) is 42.5 Å². The van der Waals surface area contributed by atoms with Gasteiger partial charge in [0, 0.05) is 25.2 Å². The summed E-state index contributed by atoms with van der Waals surface area (Å²) in [5, 5.41) is 14.1. The van der Waals surface area contributed by atoms with Gasteiger partial charge >= 0.3 is 0 Å². The number of halogens is 1. The van der Waals surface area contributed by atoms with E-state index in [9.17, 15) is 10.1 Å². The Morgan fingerprint density at radius 1 is 1.50 bits per heavy atom. The van der Waals surface area contributed by atoms with Gasteiger partial charge in [0.05, 0.1) is 9.40 Å². The number of likely N-dealkylation sites (N-methyl/N-ethyl adjacent to an activating group) is 1. The average Bonchev–Trinajstić information content (AvgIpc) is 2.26. The Labute approximate surface area is 115 Å². The number of rotatable bonds is 6. The van der Waals surface area contributed by atoms with E-state index in [0.29, 0.717) is 17.1 Å². The number of nitrogens with one attached hydrogen (secondary N) is 1. The fourth-order valence-electron chi connectivity index (χ4n) is 1.74. The Morgan fingerprint density at radius 2 is 2.17 bits per heavy atom. The normalized spacial score (nSPS) is 12.7. The van der Waals surface area contributed by atoms with Crippen molar-refractivity contribution in [2.24, 2.45) is 0 Å². The molecule has 0 saturated heterocycles. The number of nitro groups is 1. The molecule has 0 amide bonds. The van der Waals surface area contributed by atoms with E-state index < -0.39 is 0 Å². The van der Waals surface area contributed by atoms with Gasteiger partial charge in [-0.2, -0.15) is 0 Å². The summed E-state index contributed by atoms with van der Waals surface area (Å²) < 4.78 is 0.555. The predicted octanol–water partition coefficient (Wildman–Crippen LogP) is 2.40. The first kappa shape index (κ1) is 15.1. The lowest BCUT2D eigenvalue weighted by atomic mass is 10.2. The maximum atomic E-state index is 10.8. The van der Waals surface area contributed by atoms with Crippen LogP contribution in [0.3, 0.4) is 0 Å². The summed E-state index contributed by atoms with van der Waals surface area (Å²) in [7, 11) is 4.03. The molecule has 18 heavy (non-hydrogen) atoms. The number of hydrogen-bond donors (Lipinski definition) is 1. The Morgan fingerprint density at radius 3 is 2.72 bits per heavy atom. The van der Waals surface area contributed by atoms with Gasteiger partial charge in [0.25, 0.3) is 5.69 Å². The molecule has 0 heterocycles. The van der Waals surface area contributed by atoms with Crippen LogP contribution in [0, 0.1) is 10.1 Å². The summed E-state index contributed by atoms with van der Waals surface area (Å²) >= 11 is 3.29. The van der Waals surface area contributed by atoms with Crippen LogP contribution in [0.2, 0.25) is 0 Å². The first-order chi connectivity index (χ1) is 8.41. The third-order valence-corrected chi connectivity index (χ3v) is 3.45. The van der Waals surface area contributed by atoms with E-state index in [1.807, 2.05) is 20.2 Å². The van der Waals surface area contributed by atoms with E-state index in [1.165, 1.54) is 6.07 Å². The highest BCUT2D eigenvalue weighted by Crippen LogP contribution is 2.28. The molecule has 1 aromatic carbocycles. The molecule has 0 bridgehead atoms. The maximum absolute atomic E-state index is 10.8. The lowest BCUT2D eigenvalue weighted by molar-refractivity contribution is -0.385. The van der Waals surface area contributed by atoms with E-state index in [4.69, 9.17) is 0 Å². The van der Waals surface area contributed by atoms with E-state index in [1.54, 1.807) is 6.07 Å². The van der Waals surface area contributed by atoms with Crippen molar-refractivity contribution in [1.29, 1.82) is 0 Å². The largest absolute Gasteiger partial charge is 0.309 e. The van der Waals surface area contributed by atoms with Gasteiger partial charge in [-0.1, -0.05) is 12.1 Å². The quantitative estimate of drug-likeness (QED) is 0.647. The third kappa shape index (κ3) is 4.36. The summed E-state index contributed by atoms with van der Waals surface area (Å²) in [6, 6.07) is 5.41. The lowest BCUT2D eigenvalue weighted by Crippen LogP contribution is -2.35. The van der Waals surface area contributed by atoms with Gasteiger partial charge < -0.3 is 10.2 Å². The van der Waals surface area contributed by atoms with Gasteiger partial charge in [0.2, 0.25) is 0 Å². The van der Waals surface area contributed by atoms with Crippen molar-refractivity contribution in [3.63, 3.8) is 0 Å². The molecule has 0 aliphatic rings. The number of nitrogens with zero attached hydrogens (tertiary/aromatic N) is 2. The van der Waals surface area contributed by atoms with Gasteiger partial charge in [-0.25, -0.2) is 0 Å². The van der Waals surface area contributed by atoms with Crippen molar-refractivity contribution in [2.45, 2.75) is 19.5 Å². The summed E-state index contributed by atoms with van der Waals surface area (Å²) in [4.78, 5) is 12.5. The Kier molecular flexibility index (Phi) is 5.71. The summed E-state index contributed by atoms with van der Waals surface area (Å²) in [5.41, 5.74) is 1.00. The number of hydrogen-bond acceptors (Lipinski definition) is 4. The van der Waals surface area contributed by atoms with E-state index in [-0.39, 0.29) is 10.6 Å². The molecule has 1 aromatic rings. The highest BCUT2D eigenvalue weighted by molar-refractivity contribution is 9.10. The minimum Gasteiger partial charge on any atom is -0.309 e. The summed E-state index contributed by atoms with van der Waals surface area (Å²) in [5.74, 6) is 0. The van der Waals surface area contributed by atoms with Gasteiger partial charge in [0.1, 0.15) is 0 Å². The highest BCUT2D eigenvalue weighted by atomic mass is 79.9. The predicted molar refractivity (Wildman–Crippen MR) is 75.7 cm³/mol. The summed E-state index contributed by atoms with van der Waals surface area (Å²) in [6.07, 6.45) is 0. The zero-order chi connectivity index (χ0) is 13.7. The van der Waals surface area contributed by atoms with Crippen molar-refractivity contribution in [3.8, 4) is 0 Å². The Hall–Kier alpha value is -0.980. The highest BCUT2D eigenvalue weighted by Gasteiger charge is 2.15. The maximum Gasteiger partial charge on any atom is 0.283 e. The zero-order valence-electron chi connectivity index (χ0n) is 10.8. The van der Waals surface area contributed by atoms with Crippen molar-refractivity contribution in [2.75, 3.05) is 20.6 Å². The van der Waals surface area contributed by atoms with Crippen molar-refractivity contribution in [3.05, 3.63) is 38.3 Å². The molecule has 1 unspecified atom stereocenters. The Bertz CT molecular complexity index is 424. The molecule has 1 rings (SSSR count). The molecule has 100 valence electrons. The molecule has 0 aliphatic carbocycles. The van der Waals surface area contributed by atoms with Crippen LogP contribution in [-0.2, 0) is 6.54 Å². The lowest BCUT2D eigenvalue weighted by Gasteiger charge is -2.18. The van der Waals surface area contributed by atoms with Crippen LogP contribution in [0.4, 0.5) is 5.69 Å². The van der Waals surface area contributed by atoms with E-state index in [2.05, 4.69) is 33.1 Å². The van der Waals surface area contributed by atoms with Gasteiger partial charge in [-0.3, -0.25) is 10.1 Å². The first-order valence-electron chi connectivity index (χ1n) is 5.71. The molecular formula is C12H18BrN3O2. The van der Waals surface area contributed by atoms with Crippen molar-refractivity contribution >= 4 is 21.6 Å². The van der Waals surface area contributed by atoms with Crippen LogP contribution in [0.1, 0.15) is 12.5 Å². The molecule has 0 spiro atoms. The minimum atomic E-state index is -0.378. The molecule has 0 radical (unpaired) electrons. The number of benzene rings is 1.